The van der Waals surface area contributed by atoms with Crippen LogP contribution >= 0.6 is 0 Å². The highest BCUT2D eigenvalue weighted by atomic mass is 16.4. The van der Waals surface area contributed by atoms with Gasteiger partial charge in [0.15, 0.2) is 5.96 Å². The Labute approximate surface area is 642 Å². The monoisotopic (exact) mass is 1550 g/mol. The van der Waals surface area contributed by atoms with Gasteiger partial charge >= 0.3 is 5.97 Å². The number of H-pyrrole nitrogens is 1. The molecule has 0 aliphatic rings. The number of unbranched alkanes of at least 4 members (excludes halogenated alkanes) is 2. The molecule has 2 rings (SSSR count). The quantitative estimate of drug-likeness (QED) is 0.0130. The predicted molar refractivity (Wildman–Crippen MR) is 408 cm³/mol. The summed E-state index contributed by atoms with van der Waals surface area (Å²) in [5.74, 6) is -17.2. The highest BCUT2D eigenvalue weighted by Gasteiger charge is 2.39. The molecule has 0 radical (unpaired) electrons. The van der Waals surface area contributed by atoms with Crippen LogP contribution in [0.1, 0.15) is 164 Å². The van der Waals surface area contributed by atoms with Gasteiger partial charge in [-0.05, 0) is 112 Å². The van der Waals surface area contributed by atoms with Crippen LogP contribution in [0.15, 0.2) is 35.5 Å². The van der Waals surface area contributed by atoms with Crippen molar-refractivity contribution in [2.24, 2.45) is 63.1 Å². The number of nitrogens with two attached hydrogens (primary N) is 6. The summed E-state index contributed by atoms with van der Waals surface area (Å²) >= 11 is 0. The molecule has 26 N–H and O–H groups in total. The largest absolute Gasteiger partial charge is 0.481 e. The van der Waals surface area contributed by atoms with Gasteiger partial charge in [0.25, 0.3) is 0 Å². The first kappa shape index (κ1) is 95.5. The Balaban J connectivity index is 2.44. The number of rotatable bonds is 53. The first-order valence-corrected chi connectivity index (χ1v) is 37.2. The molecule has 12 atom stereocenters. The van der Waals surface area contributed by atoms with Gasteiger partial charge in [-0.2, -0.15) is 0 Å². The number of hydrogen-bond acceptors (Lipinski definition) is 18. The topological polar surface area (TPSA) is 622 Å². The maximum Gasteiger partial charge on any atom is 0.303 e. The molecule has 616 valence electrons. The first-order chi connectivity index (χ1) is 51.5. The fraction of sp³-hybridized carbons (Fsp3) is 0.653. The predicted octanol–water partition coefficient (Wildman–Crippen LogP) is -3.87. The van der Waals surface area contributed by atoms with Crippen molar-refractivity contribution in [3.63, 3.8) is 0 Å². The SMILES string of the molecule is CC[C@H](C)[C@H](NC(=O)[C@H](CCCC[N+](C)(C)C)NC(=O)[C@H](CCCN)NC(=O)CNC(=O)[C@H](CC(N)=O)NC(=O)[C@@H](NC(=O)[C@H](CCC(=O)O)NC(=O)[C@@H](NC(=O)[C@H](Cc1c[nH]c2ccccc12)NC(=O)[C@H](CCCCN=C(N)N)NC(C)=O)C(C)C)C(C)C)C(=O)N[C@@H](CC(C)C)C(=O)N[C@@H](CCC(N)=O)C(N)=O. The molecule has 38 heteroatoms. The summed E-state index contributed by atoms with van der Waals surface area (Å²) in [6, 6.07) is -8.44. The number of carboxylic acids is 1. The van der Waals surface area contributed by atoms with E-state index in [0.717, 1.165) is 0 Å². The Bertz CT molecular complexity index is 3500. The molecule has 2 aromatic rings. The molecule has 0 saturated heterocycles. The van der Waals surface area contributed by atoms with E-state index < -0.39 is 205 Å². The van der Waals surface area contributed by atoms with E-state index in [9.17, 15) is 81.8 Å². The fourth-order valence-corrected chi connectivity index (χ4v) is 11.6. The van der Waals surface area contributed by atoms with E-state index in [-0.39, 0.29) is 76.3 Å². The maximum atomic E-state index is 14.6. The van der Waals surface area contributed by atoms with Gasteiger partial charge in [-0.25, -0.2) is 0 Å². The number of aromatic nitrogens is 1. The second kappa shape index (κ2) is 48.1. The van der Waals surface area contributed by atoms with Crippen molar-refractivity contribution in [1.82, 2.24) is 68.8 Å². The van der Waals surface area contributed by atoms with Crippen molar-refractivity contribution < 1.29 is 86.3 Å². The molecule has 38 nitrogen and oxygen atoms in total. The van der Waals surface area contributed by atoms with Gasteiger partial charge in [-0.3, -0.25) is 81.7 Å². The fourth-order valence-electron chi connectivity index (χ4n) is 11.6. The highest BCUT2D eigenvalue weighted by Crippen LogP contribution is 2.21. The number of carboxylic acid groups (broad SMARTS) is 1. The van der Waals surface area contributed by atoms with Crippen molar-refractivity contribution >= 4 is 111 Å². The Morgan fingerprint density at radius 1 is 0.500 bits per heavy atom. The Kier molecular flexibility index (Phi) is 41.8. The van der Waals surface area contributed by atoms with Crippen LogP contribution in [0.5, 0.6) is 0 Å². The lowest BCUT2D eigenvalue weighted by atomic mass is 9.96. The smallest absolute Gasteiger partial charge is 0.303 e. The zero-order chi connectivity index (χ0) is 83.3. The first-order valence-electron chi connectivity index (χ1n) is 37.2. The number of hydrogen-bond donors (Lipinski definition) is 20. The summed E-state index contributed by atoms with van der Waals surface area (Å²) in [6.45, 7) is 14.5. The van der Waals surface area contributed by atoms with E-state index in [2.05, 4.69) is 73.8 Å². The number of guanidine groups is 1. The van der Waals surface area contributed by atoms with E-state index in [1.807, 2.05) is 21.1 Å². The van der Waals surface area contributed by atoms with Gasteiger partial charge in [0.1, 0.15) is 66.5 Å². The third kappa shape index (κ3) is 36.1. The molecule has 0 aliphatic carbocycles. The van der Waals surface area contributed by atoms with Crippen molar-refractivity contribution in [3.8, 4) is 0 Å². The Morgan fingerprint density at radius 3 is 1.48 bits per heavy atom. The Morgan fingerprint density at radius 2 is 0.964 bits per heavy atom. The summed E-state index contributed by atoms with van der Waals surface area (Å²) in [5.41, 5.74) is 34.4. The number of amides is 15. The van der Waals surface area contributed by atoms with E-state index in [0.29, 0.717) is 59.6 Å². The van der Waals surface area contributed by atoms with Crippen LogP contribution in [0, 0.1) is 23.7 Å². The van der Waals surface area contributed by atoms with Crippen molar-refractivity contribution in [2.75, 3.05) is 47.3 Å². The minimum absolute atomic E-state index is 0.0427. The Hall–Kier alpha value is -10.5. The summed E-state index contributed by atoms with van der Waals surface area (Å²) in [5, 5.41) is 41.4. The second-order valence-electron chi connectivity index (χ2n) is 29.7. The number of primary amides is 3. The van der Waals surface area contributed by atoms with E-state index >= 15 is 0 Å². The van der Waals surface area contributed by atoms with Gasteiger partial charge in [0, 0.05) is 49.8 Å². The third-order valence-corrected chi connectivity index (χ3v) is 17.9. The molecule has 1 aromatic carbocycles. The van der Waals surface area contributed by atoms with Crippen molar-refractivity contribution in [2.45, 2.75) is 232 Å². The normalized spacial score (nSPS) is 14.7. The van der Waals surface area contributed by atoms with Crippen LogP contribution in [0.2, 0.25) is 0 Å². The standard InChI is InChI=1S/C72H121N21O17/c1-13-41(8)60(71(110)88-51(33-38(2)3)67(106)84-46(61(76)100)26-28-54(74)95)92-65(104)49(24-17-19-32-93(10,11)12)85-64(103)48(25-20-30-73)83-56(97)37-81-62(101)53(35-55(75)96)89-70(109)59(40(6)7)90-66(105)50(27-29-57(98)99)86-69(108)58(39(4)5)91-68(107)52(34-43-36-80-45-22-15-14-21-44(43)45)87-63(102)47(82-42(9)94)23-16-18-31-79-72(77)78/h14-15,21-22,36,38-41,46-53,58-60,80H,13,16-20,23-35,37,73H2,1-12H3,(H22-,74,75,76,77,78,79,81,82,83,84,85,86,87,88,89,90,91,92,94,95,96,97,98,99,100,101,102,103,104,105,106,107,108,109,110)/p+1/t41-,46-,47-,48-,49-,50-,51-,52-,53-,58-,59-,60-/m0/s1. The van der Waals surface area contributed by atoms with Crippen molar-refractivity contribution in [3.05, 3.63) is 36.0 Å². The molecule has 1 heterocycles. The van der Waals surface area contributed by atoms with E-state index in [4.69, 9.17) is 34.4 Å². The lowest BCUT2D eigenvalue weighted by Gasteiger charge is -2.30. The molecule has 0 aliphatic heterocycles. The summed E-state index contributed by atoms with van der Waals surface area (Å²) in [4.78, 5) is 224. The minimum atomic E-state index is -1.81. The van der Waals surface area contributed by atoms with Crippen LogP contribution in [0.3, 0.4) is 0 Å². The summed E-state index contributed by atoms with van der Waals surface area (Å²) in [6.07, 6.45) is 1.44. The molecule has 0 bridgehead atoms. The maximum absolute atomic E-state index is 14.6. The summed E-state index contributed by atoms with van der Waals surface area (Å²) in [7, 11) is 5.91. The molecule has 0 saturated carbocycles. The van der Waals surface area contributed by atoms with Crippen molar-refractivity contribution in [1.29, 1.82) is 0 Å². The molecule has 110 heavy (non-hydrogen) atoms. The third-order valence-electron chi connectivity index (χ3n) is 17.9. The van der Waals surface area contributed by atoms with Crippen LogP contribution in [0.25, 0.3) is 10.9 Å². The number of fused-ring (bicyclic) bond motifs is 1. The molecule has 0 unspecified atom stereocenters. The highest BCUT2D eigenvalue weighted by molar-refractivity contribution is 6.00. The number of benzene rings is 1. The minimum Gasteiger partial charge on any atom is -0.481 e. The number of aromatic amines is 1. The number of para-hydroxylation sites is 1. The summed E-state index contributed by atoms with van der Waals surface area (Å²) < 4.78 is 0.570. The van der Waals surface area contributed by atoms with E-state index in [1.165, 1.54) is 20.8 Å². The van der Waals surface area contributed by atoms with Gasteiger partial charge in [-0.15, -0.1) is 0 Å². The van der Waals surface area contributed by atoms with Crippen LogP contribution < -0.4 is 98.2 Å². The van der Waals surface area contributed by atoms with Gasteiger partial charge in [0.2, 0.25) is 88.6 Å². The number of quaternary nitrogens is 1. The number of aliphatic carboxylic acids is 1. The molecule has 0 fully saturated rings. The van der Waals surface area contributed by atoms with Gasteiger partial charge < -0.3 is 113 Å². The van der Waals surface area contributed by atoms with Gasteiger partial charge in [-0.1, -0.05) is 80.0 Å². The lowest BCUT2D eigenvalue weighted by Crippen LogP contribution is -2.61. The zero-order valence-electron chi connectivity index (χ0n) is 65.5. The number of carbonyl (C=O) groups is 16. The molecule has 15 amide bonds. The number of nitrogens with one attached hydrogen (secondary N) is 13. The molecular formula is C72H122N21O17+. The number of aliphatic imine (C=N–C) groups is 1. The second-order valence-corrected chi connectivity index (χ2v) is 29.7. The average molecular weight is 1550 g/mol. The van der Waals surface area contributed by atoms with Gasteiger partial charge in [0.05, 0.1) is 40.7 Å². The number of nitrogens with zero attached hydrogens (tertiary/aromatic N) is 2. The lowest BCUT2D eigenvalue weighted by molar-refractivity contribution is -0.870. The molecule has 1 aromatic heterocycles. The van der Waals surface area contributed by atoms with Crippen LogP contribution in [-0.2, 0) is 83.1 Å². The average Bonchev–Trinajstić information content (AvgIpc) is 1.60. The van der Waals surface area contributed by atoms with E-state index in [1.54, 1.807) is 72.0 Å². The van der Waals surface area contributed by atoms with Crippen LogP contribution in [0.4, 0.5) is 0 Å². The number of carbonyl (C=O) groups excluding carboxylic acids is 15. The zero-order valence-corrected chi connectivity index (χ0v) is 65.5. The molecular weight excluding hydrogens is 1430 g/mol. The molecule has 0 spiro atoms. The van der Waals surface area contributed by atoms with Crippen LogP contribution in [-0.4, -0.2) is 229 Å².